The minimum Gasteiger partial charge on any atom is -0.339 e. The van der Waals surface area contributed by atoms with E-state index >= 15 is 0 Å². The number of piperidine rings is 1. The number of sulfonamides is 1. The summed E-state index contributed by atoms with van der Waals surface area (Å²) in [6.45, 7) is 1.17. The zero-order chi connectivity index (χ0) is 14.6. The second-order valence-corrected chi connectivity index (χ2v) is 7.44. The van der Waals surface area contributed by atoms with Gasteiger partial charge in [0.05, 0.1) is 6.26 Å². The maximum absolute atomic E-state index is 12.0. The molecule has 0 unspecified atom stereocenters. The molecule has 0 bridgehead atoms. The van der Waals surface area contributed by atoms with Crippen LogP contribution in [0.4, 0.5) is 0 Å². The molecule has 0 radical (unpaired) electrons. The van der Waals surface area contributed by atoms with E-state index < -0.39 is 10.0 Å². The Morgan fingerprint density at radius 1 is 1.45 bits per heavy atom. The van der Waals surface area contributed by atoms with Crippen LogP contribution in [-0.4, -0.2) is 44.6 Å². The third-order valence-corrected chi connectivity index (χ3v) is 4.61. The molecule has 0 atom stereocenters. The van der Waals surface area contributed by atoms with Crippen LogP contribution >= 0.6 is 11.3 Å². The number of hydrogen-bond donors (Lipinski definition) is 1. The van der Waals surface area contributed by atoms with Gasteiger partial charge in [-0.15, -0.1) is 0 Å². The van der Waals surface area contributed by atoms with Gasteiger partial charge >= 0.3 is 0 Å². The molecular weight excluding hydrogens is 296 g/mol. The van der Waals surface area contributed by atoms with Crippen molar-refractivity contribution in [1.29, 1.82) is 0 Å². The van der Waals surface area contributed by atoms with Crippen molar-refractivity contribution in [3.63, 3.8) is 0 Å². The van der Waals surface area contributed by atoms with Crippen molar-refractivity contribution in [1.82, 2.24) is 9.62 Å². The van der Waals surface area contributed by atoms with Gasteiger partial charge in [0.2, 0.25) is 15.9 Å². The Bertz CT molecular complexity index is 571. The van der Waals surface area contributed by atoms with Crippen LogP contribution in [0.2, 0.25) is 0 Å². The third kappa shape index (κ3) is 4.73. The van der Waals surface area contributed by atoms with Crippen molar-refractivity contribution in [3.8, 4) is 0 Å². The number of nitrogens with one attached hydrogen (secondary N) is 1. The molecule has 1 aromatic rings. The number of carbonyl (C=O) groups excluding carboxylic acids is 1. The van der Waals surface area contributed by atoms with Crippen LogP contribution in [0, 0.1) is 0 Å². The number of nitrogens with zero attached hydrogens (tertiary/aromatic N) is 1. The van der Waals surface area contributed by atoms with E-state index in [1.54, 1.807) is 28.4 Å². The Balaban J connectivity index is 1.83. The first-order chi connectivity index (χ1) is 9.44. The highest BCUT2D eigenvalue weighted by molar-refractivity contribution is 7.88. The first-order valence-corrected chi connectivity index (χ1v) is 9.24. The second kappa shape index (κ2) is 6.51. The van der Waals surface area contributed by atoms with E-state index in [-0.39, 0.29) is 11.9 Å². The van der Waals surface area contributed by atoms with Gasteiger partial charge in [0.25, 0.3) is 0 Å². The molecule has 0 aliphatic carbocycles. The smallest absolute Gasteiger partial charge is 0.246 e. The Hall–Kier alpha value is -1.18. The van der Waals surface area contributed by atoms with Crippen LogP contribution in [0.3, 0.4) is 0 Å². The third-order valence-electron chi connectivity index (χ3n) is 3.15. The molecule has 5 nitrogen and oxygen atoms in total. The van der Waals surface area contributed by atoms with Crippen LogP contribution in [0.1, 0.15) is 18.4 Å². The Morgan fingerprint density at radius 3 is 2.70 bits per heavy atom. The first-order valence-electron chi connectivity index (χ1n) is 6.40. The lowest BCUT2D eigenvalue weighted by Gasteiger charge is -2.31. The molecule has 1 fully saturated rings. The van der Waals surface area contributed by atoms with E-state index in [0.29, 0.717) is 25.9 Å². The van der Waals surface area contributed by atoms with E-state index in [9.17, 15) is 13.2 Å². The fourth-order valence-electron chi connectivity index (χ4n) is 2.16. The van der Waals surface area contributed by atoms with Gasteiger partial charge < -0.3 is 4.90 Å². The standard InChI is InChI=1S/C13H18N2O3S2/c1-20(17,18)14-12-4-7-15(8-5-12)13(16)3-2-11-6-9-19-10-11/h2-3,6,9-10,12,14H,4-5,7-8H2,1H3. The fourth-order valence-corrected chi connectivity index (χ4v) is 3.63. The largest absolute Gasteiger partial charge is 0.339 e. The highest BCUT2D eigenvalue weighted by Crippen LogP contribution is 2.13. The molecule has 1 aromatic heterocycles. The molecule has 0 saturated carbocycles. The molecule has 0 aromatic carbocycles. The summed E-state index contributed by atoms with van der Waals surface area (Å²) in [5.74, 6) is -0.0194. The maximum atomic E-state index is 12.0. The normalized spacial score (nSPS) is 17.8. The Labute approximate surface area is 123 Å². The quantitative estimate of drug-likeness (QED) is 0.852. The maximum Gasteiger partial charge on any atom is 0.246 e. The Morgan fingerprint density at radius 2 is 2.15 bits per heavy atom. The summed E-state index contributed by atoms with van der Waals surface area (Å²) >= 11 is 1.59. The van der Waals surface area contributed by atoms with Gasteiger partial charge in [-0.3, -0.25) is 4.79 Å². The zero-order valence-corrected chi connectivity index (χ0v) is 12.9. The van der Waals surface area contributed by atoms with Crippen LogP contribution in [0.15, 0.2) is 22.9 Å². The molecule has 2 heterocycles. The number of hydrogen-bond acceptors (Lipinski definition) is 4. The van der Waals surface area contributed by atoms with Crippen molar-refractivity contribution < 1.29 is 13.2 Å². The van der Waals surface area contributed by atoms with Crippen molar-refractivity contribution in [2.45, 2.75) is 18.9 Å². The minimum absolute atomic E-state index is 0.0194. The highest BCUT2D eigenvalue weighted by Gasteiger charge is 2.23. The molecule has 7 heteroatoms. The van der Waals surface area contributed by atoms with Gasteiger partial charge in [0.15, 0.2) is 0 Å². The average Bonchev–Trinajstić information content (AvgIpc) is 2.88. The van der Waals surface area contributed by atoms with Crippen molar-refractivity contribution >= 4 is 33.3 Å². The summed E-state index contributed by atoms with van der Waals surface area (Å²) in [4.78, 5) is 13.7. The van der Waals surface area contributed by atoms with Crippen molar-refractivity contribution in [2.24, 2.45) is 0 Å². The van der Waals surface area contributed by atoms with Crippen molar-refractivity contribution in [3.05, 3.63) is 28.5 Å². The predicted molar refractivity (Wildman–Crippen MR) is 80.9 cm³/mol. The van der Waals surface area contributed by atoms with Gasteiger partial charge in [0.1, 0.15) is 0 Å². The summed E-state index contributed by atoms with van der Waals surface area (Å²) < 4.78 is 24.9. The summed E-state index contributed by atoms with van der Waals surface area (Å²) in [6, 6.07) is 1.89. The van der Waals surface area contributed by atoms with Crippen LogP contribution in [-0.2, 0) is 14.8 Å². The van der Waals surface area contributed by atoms with Crippen LogP contribution in [0.5, 0.6) is 0 Å². The number of carbonyl (C=O) groups is 1. The van der Waals surface area contributed by atoms with Gasteiger partial charge in [-0.1, -0.05) is 0 Å². The number of likely N-dealkylation sites (tertiary alicyclic amines) is 1. The van der Waals surface area contributed by atoms with E-state index in [1.165, 1.54) is 0 Å². The number of rotatable bonds is 4. The van der Waals surface area contributed by atoms with Gasteiger partial charge in [-0.25, -0.2) is 13.1 Å². The molecule has 1 amide bonds. The van der Waals surface area contributed by atoms with E-state index in [0.717, 1.165) is 11.8 Å². The number of thiophene rings is 1. The second-order valence-electron chi connectivity index (χ2n) is 4.88. The monoisotopic (exact) mass is 314 g/mol. The molecule has 0 spiro atoms. The van der Waals surface area contributed by atoms with Gasteiger partial charge in [-0.05, 0) is 41.3 Å². The van der Waals surface area contributed by atoms with Gasteiger partial charge in [-0.2, -0.15) is 11.3 Å². The molecule has 1 saturated heterocycles. The first kappa shape index (κ1) is 15.2. The van der Waals surface area contributed by atoms with Crippen LogP contribution < -0.4 is 4.72 Å². The van der Waals surface area contributed by atoms with E-state index in [4.69, 9.17) is 0 Å². The molecule has 1 aliphatic rings. The molecule has 2 rings (SSSR count). The lowest BCUT2D eigenvalue weighted by Crippen LogP contribution is -2.45. The summed E-state index contributed by atoms with van der Waals surface area (Å²) in [6.07, 6.45) is 5.86. The van der Waals surface area contributed by atoms with Gasteiger partial charge in [0, 0.05) is 25.2 Å². The van der Waals surface area contributed by atoms with E-state index in [1.807, 2.05) is 16.8 Å². The summed E-state index contributed by atoms with van der Waals surface area (Å²) in [5, 5.41) is 3.94. The predicted octanol–water partition coefficient (Wildman–Crippen LogP) is 1.30. The van der Waals surface area contributed by atoms with Crippen LogP contribution in [0.25, 0.3) is 6.08 Å². The van der Waals surface area contributed by atoms with E-state index in [2.05, 4.69) is 4.72 Å². The molecule has 110 valence electrons. The lowest BCUT2D eigenvalue weighted by molar-refractivity contribution is -0.126. The fraction of sp³-hybridized carbons (Fsp3) is 0.462. The average molecular weight is 314 g/mol. The molecule has 1 N–H and O–H groups in total. The summed E-state index contributed by atoms with van der Waals surface area (Å²) in [5.41, 5.74) is 1.02. The summed E-state index contributed by atoms with van der Waals surface area (Å²) in [7, 11) is -3.17. The SMILES string of the molecule is CS(=O)(=O)NC1CCN(C(=O)C=Cc2ccsc2)CC1. The number of amides is 1. The zero-order valence-electron chi connectivity index (χ0n) is 11.3. The molecular formula is C13H18N2O3S2. The highest BCUT2D eigenvalue weighted by atomic mass is 32.2. The topological polar surface area (TPSA) is 66.5 Å². The van der Waals surface area contributed by atoms with Crippen molar-refractivity contribution in [2.75, 3.05) is 19.3 Å². The molecule has 20 heavy (non-hydrogen) atoms. The molecule has 1 aliphatic heterocycles. The Kier molecular flexibility index (Phi) is 4.95. The lowest BCUT2D eigenvalue weighted by atomic mass is 10.1. The minimum atomic E-state index is -3.17.